The normalized spacial score (nSPS) is 15.9. The van der Waals surface area contributed by atoms with E-state index in [0.717, 1.165) is 12.3 Å². The van der Waals surface area contributed by atoms with E-state index in [1.165, 1.54) is 11.8 Å². The van der Waals surface area contributed by atoms with E-state index in [0.29, 0.717) is 11.8 Å². The van der Waals surface area contributed by atoms with Crippen LogP contribution in [0.1, 0.15) is 6.92 Å². The molecule has 0 aromatic rings. The van der Waals surface area contributed by atoms with Crippen molar-refractivity contribution in [2.24, 2.45) is 4.99 Å². The molecule has 0 fully saturated rings. The minimum Gasteiger partial charge on any atom is -0.450 e. The molecule has 0 aromatic carbocycles. The van der Waals surface area contributed by atoms with Crippen molar-refractivity contribution in [3.05, 3.63) is 0 Å². The standard InChI is InChI=1S/C6H10N2O2S/c1-2-10-6(9)8-5-7-3-4-11-5/h2-4H2,1H3,(H,7,8,9). The van der Waals surface area contributed by atoms with Gasteiger partial charge in [-0.2, -0.15) is 0 Å². The molecule has 5 heteroatoms. The molecule has 4 nitrogen and oxygen atoms in total. The fraction of sp³-hybridized carbons (Fsp3) is 0.667. The summed E-state index contributed by atoms with van der Waals surface area (Å²) in [5, 5.41) is 3.20. The highest BCUT2D eigenvalue weighted by Gasteiger charge is 2.10. The van der Waals surface area contributed by atoms with E-state index in [9.17, 15) is 4.79 Å². The van der Waals surface area contributed by atoms with Crippen LogP contribution in [0.15, 0.2) is 4.99 Å². The van der Waals surface area contributed by atoms with E-state index in [4.69, 9.17) is 0 Å². The van der Waals surface area contributed by atoms with Gasteiger partial charge in [-0.1, -0.05) is 11.8 Å². The van der Waals surface area contributed by atoms with Gasteiger partial charge in [-0.3, -0.25) is 10.3 Å². The Morgan fingerprint density at radius 3 is 3.27 bits per heavy atom. The van der Waals surface area contributed by atoms with Crippen molar-refractivity contribution in [1.29, 1.82) is 0 Å². The highest BCUT2D eigenvalue weighted by atomic mass is 32.2. The van der Waals surface area contributed by atoms with Gasteiger partial charge in [-0.05, 0) is 6.92 Å². The summed E-state index contributed by atoms with van der Waals surface area (Å²) in [4.78, 5) is 14.8. The Morgan fingerprint density at radius 1 is 1.91 bits per heavy atom. The van der Waals surface area contributed by atoms with Crippen molar-refractivity contribution >= 4 is 23.0 Å². The zero-order valence-electron chi connectivity index (χ0n) is 6.29. The lowest BCUT2D eigenvalue weighted by atomic mass is 10.8. The zero-order valence-corrected chi connectivity index (χ0v) is 7.11. The monoisotopic (exact) mass is 174 g/mol. The summed E-state index contributed by atoms with van der Waals surface area (Å²) in [7, 11) is 0. The van der Waals surface area contributed by atoms with Crippen LogP contribution in [0.4, 0.5) is 4.79 Å². The Labute approximate surface area is 69.4 Å². The summed E-state index contributed by atoms with van der Waals surface area (Å²) in [6.45, 7) is 2.94. The number of aliphatic imine (C=N–C) groups is 1. The second-order valence-electron chi connectivity index (χ2n) is 1.88. The highest BCUT2D eigenvalue weighted by molar-refractivity contribution is 8.14. The molecule has 0 saturated heterocycles. The van der Waals surface area contributed by atoms with Crippen LogP contribution < -0.4 is 5.32 Å². The van der Waals surface area contributed by atoms with Crippen LogP contribution in [-0.4, -0.2) is 30.2 Å². The molecule has 0 atom stereocenters. The molecule has 1 amide bonds. The lowest BCUT2D eigenvalue weighted by Gasteiger charge is -2.02. The van der Waals surface area contributed by atoms with Gasteiger partial charge in [-0.25, -0.2) is 4.79 Å². The summed E-state index contributed by atoms with van der Waals surface area (Å²) < 4.78 is 4.66. The van der Waals surface area contributed by atoms with E-state index in [-0.39, 0.29) is 0 Å². The number of thioether (sulfide) groups is 1. The van der Waals surface area contributed by atoms with Gasteiger partial charge in [-0.15, -0.1) is 0 Å². The van der Waals surface area contributed by atoms with E-state index in [2.05, 4.69) is 15.0 Å². The highest BCUT2D eigenvalue weighted by Crippen LogP contribution is 2.08. The topological polar surface area (TPSA) is 50.7 Å². The molecular formula is C6H10N2O2S. The first-order chi connectivity index (χ1) is 5.33. The van der Waals surface area contributed by atoms with E-state index in [1.807, 2.05) is 0 Å². The average Bonchev–Trinajstić information content (AvgIpc) is 2.40. The minimum atomic E-state index is -0.416. The van der Waals surface area contributed by atoms with Gasteiger partial charge in [0, 0.05) is 5.75 Å². The molecule has 0 unspecified atom stereocenters. The molecule has 0 aromatic heterocycles. The number of amides is 1. The zero-order chi connectivity index (χ0) is 8.10. The predicted molar refractivity (Wildman–Crippen MR) is 44.9 cm³/mol. The van der Waals surface area contributed by atoms with Crippen molar-refractivity contribution < 1.29 is 9.53 Å². The maximum Gasteiger partial charge on any atom is 0.413 e. The molecule has 1 N–H and O–H groups in total. The Morgan fingerprint density at radius 2 is 2.73 bits per heavy atom. The van der Waals surface area contributed by atoms with E-state index in [1.54, 1.807) is 6.92 Å². The lowest BCUT2D eigenvalue weighted by Crippen LogP contribution is -2.27. The van der Waals surface area contributed by atoms with E-state index < -0.39 is 6.09 Å². The molecule has 1 heterocycles. The summed E-state index contributed by atoms with van der Waals surface area (Å²) in [6, 6.07) is 0. The van der Waals surface area contributed by atoms with Crippen molar-refractivity contribution in [3.63, 3.8) is 0 Å². The largest absolute Gasteiger partial charge is 0.450 e. The van der Waals surface area contributed by atoms with E-state index >= 15 is 0 Å². The fourth-order valence-electron chi connectivity index (χ4n) is 0.665. The number of rotatable bonds is 1. The van der Waals surface area contributed by atoms with Crippen LogP contribution in [0.3, 0.4) is 0 Å². The summed E-state index contributed by atoms with van der Waals surface area (Å²) in [5.74, 6) is 0.946. The lowest BCUT2D eigenvalue weighted by molar-refractivity contribution is 0.158. The van der Waals surface area contributed by atoms with Crippen LogP contribution in [0, 0.1) is 0 Å². The number of nitrogens with zero attached hydrogens (tertiary/aromatic N) is 1. The number of carbonyl (C=O) groups excluding carboxylic acids is 1. The molecule has 0 bridgehead atoms. The van der Waals surface area contributed by atoms with Gasteiger partial charge in [0.15, 0.2) is 5.17 Å². The number of hydrogen-bond donors (Lipinski definition) is 1. The van der Waals surface area contributed by atoms with Crippen LogP contribution in [-0.2, 0) is 4.74 Å². The van der Waals surface area contributed by atoms with Crippen molar-refractivity contribution in [2.45, 2.75) is 6.92 Å². The number of ether oxygens (including phenoxy) is 1. The average molecular weight is 174 g/mol. The Kier molecular flexibility index (Phi) is 3.22. The summed E-state index contributed by atoms with van der Waals surface area (Å²) in [5.41, 5.74) is 0. The van der Waals surface area contributed by atoms with Crippen molar-refractivity contribution in [3.8, 4) is 0 Å². The van der Waals surface area contributed by atoms with Gasteiger partial charge < -0.3 is 4.74 Å². The van der Waals surface area contributed by atoms with Crippen LogP contribution in [0.5, 0.6) is 0 Å². The first kappa shape index (κ1) is 8.39. The molecular weight excluding hydrogens is 164 g/mol. The maximum atomic E-state index is 10.8. The minimum absolute atomic E-state index is 0.393. The van der Waals surface area contributed by atoms with Crippen molar-refractivity contribution in [2.75, 3.05) is 18.9 Å². The quantitative estimate of drug-likeness (QED) is 0.640. The molecule has 1 aliphatic rings. The fourth-order valence-corrected chi connectivity index (χ4v) is 1.38. The number of alkyl carbamates (subject to hydrolysis) is 1. The van der Waals surface area contributed by atoms with Gasteiger partial charge in [0.05, 0.1) is 13.2 Å². The predicted octanol–water partition coefficient (Wildman–Crippen LogP) is 0.835. The molecule has 62 valence electrons. The summed E-state index contributed by atoms with van der Waals surface area (Å²) in [6.07, 6.45) is -0.416. The number of carbonyl (C=O) groups is 1. The molecule has 0 radical (unpaired) electrons. The van der Waals surface area contributed by atoms with Gasteiger partial charge in [0.1, 0.15) is 0 Å². The number of nitrogens with one attached hydrogen (secondary N) is 1. The second-order valence-corrected chi connectivity index (χ2v) is 2.96. The maximum absolute atomic E-state index is 10.8. The number of hydrogen-bond acceptors (Lipinski definition) is 4. The number of amidine groups is 1. The first-order valence-corrected chi connectivity index (χ1v) is 4.42. The van der Waals surface area contributed by atoms with Gasteiger partial charge >= 0.3 is 6.09 Å². The molecule has 11 heavy (non-hydrogen) atoms. The molecule has 0 spiro atoms. The van der Waals surface area contributed by atoms with Gasteiger partial charge in [0.2, 0.25) is 0 Å². The molecule has 0 aliphatic carbocycles. The first-order valence-electron chi connectivity index (χ1n) is 3.44. The molecule has 1 rings (SSSR count). The SMILES string of the molecule is CCOC(=O)NC1=NCCS1. The van der Waals surface area contributed by atoms with Crippen LogP contribution in [0.2, 0.25) is 0 Å². The third-order valence-electron chi connectivity index (χ3n) is 1.07. The Balaban J connectivity index is 2.24. The van der Waals surface area contributed by atoms with Gasteiger partial charge in [0.25, 0.3) is 0 Å². The molecule has 1 aliphatic heterocycles. The summed E-state index contributed by atoms with van der Waals surface area (Å²) >= 11 is 1.53. The van der Waals surface area contributed by atoms with Crippen LogP contribution in [0.25, 0.3) is 0 Å². The van der Waals surface area contributed by atoms with Crippen LogP contribution >= 0.6 is 11.8 Å². The smallest absolute Gasteiger partial charge is 0.413 e. The van der Waals surface area contributed by atoms with Crippen molar-refractivity contribution in [1.82, 2.24) is 5.32 Å². The Bertz CT molecular complexity index is 181. The second kappa shape index (κ2) is 4.23. The molecule has 0 saturated carbocycles. The Hall–Kier alpha value is -0.710. The third kappa shape index (κ3) is 2.80. The third-order valence-corrected chi connectivity index (χ3v) is 1.96.